The highest BCUT2D eigenvalue weighted by molar-refractivity contribution is 6.30. The third-order valence-corrected chi connectivity index (χ3v) is 4.76. The average molecular weight is 341 g/mol. The van der Waals surface area contributed by atoms with Crippen LogP contribution in [0, 0.1) is 6.92 Å². The number of rotatable bonds is 2. The molecular formula is C17H17ClN6. The van der Waals surface area contributed by atoms with Gasteiger partial charge in [0.2, 0.25) is 5.95 Å². The Morgan fingerprint density at radius 3 is 2.92 bits per heavy atom. The van der Waals surface area contributed by atoms with Gasteiger partial charge in [0.15, 0.2) is 5.65 Å². The van der Waals surface area contributed by atoms with Crippen LogP contribution in [0.4, 0.5) is 17.5 Å². The Balaban J connectivity index is 1.73. The average Bonchev–Trinajstić information content (AvgIpc) is 2.91. The van der Waals surface area contributed by atoms with Crippen LogP contribution in [0.1, 0.15) is 16.7 Å². The first kappa shape index (κ1) is 15.0. The number of hydrogen-bond donors (Lipinski definition) is 2. The van der Waals surface area contributed by atoms with Gasteiger partial charge >= 0.3 is 0 Å². The second-order valence-electron chi connectivity index (χ2n) is 6.02. The summed E-state index contributed by atoms with van der Waals surface area (Å²) in [4.78, 5) is 15.0. The van der Waals surface area contributed by atoms with Crippen molar-refractivity contribution in [3.05, 3.63) is 46.1 Å². The van der Waals surface area contributed by atoms with Gasteiger partial charge < -0.3 is 16.4 Å². The lowest BCUT2D eigenvalue weighted by Gasteiger charge is -2.21. The molecule has 4 rings (SSSR count). The summed E-state index contributed by atoms with van der Waals surface area (Å²) < 4.78 is 0. The van der Waals surface area contributed by atoms with Gasteiger partial charge in [-0.3, -0.25) is 0 Å². The number of aromatic nitrogens is 3. The van der Waals surface area contributed by atoms with E-state index in [9.17, 15) is 0 Å². The van der Waals surface area contributed by atoms with Crippen molar-refractivity contribution in [3.8, 4) is 0 Å². The van der Waals surface area contributed by atoms with Crippen LogP contribution < -0.4 is 16.4 Å². The van der Waals surface area contributed by atoms with Gasteiger partial charge in [0, 0.05) is 30.0 Å². The minimum Gasteiger partial charge on any atom is -0.383 e. The molecule has 6 nitrogen and oxygen atoms in total. The van der Waals surface area contributed by atoms with E-state index in [1.807, 2.05) is 25.3 Å². The molecule has 2 aromatic heterocycles. The largest absolute Gasteiger partial charge is 0.383 e. The molecule has 0 atom stereocenters. The van der Waals surface area contributed by atoms with E-state index in [0.717, 1.165) is 41.0 Å². The molecule has 0 aliphatic carbocycles. The van der Waals surface area contributed by atoms with Crippen molar-refractivity contribution in [2.45, 2.75) is 19.9 Å². The maximum atomic E-state index is 6.09. The summed E-state index contributed by atoms with van der Waals surface area (Å²) in [5.41, 5.74) is 16.9. The SMILES string of the molecule is Cc1c(CN2CCc3cc(Cl)ccc32)cnc2nc(N)nc(N)c12. The number of nitrogen functional groups attached to an aromatic ring is 2. The number of aryl methyl sites for hydroxylation is 1. The van der Waals surface area contributed by atoms with E-state index in [2.05, 4.69) is 25.9 Å². The quantitative estimate of drug-likeness (QED) is 0.745. The molecule has 0 unspecified atom stereocenters. The molecule has 1 aliphatic heterocycles. The number of fused-ring (bicyclic) bond motifs is 2. The number of nitrogens with two attached hydrogens (primary N) is 2. The molecular weight excluding hydrogens is 324 g/mol. The Labute approximate surface area is 144 Å². The van der Waals surface area contributed by atoms with Crippen LogP contribution in [0.3, 0.4) is 0 Å². The number of anilines is 3. The minimum absolute atomic E-state index is 0.144. The Morgan fingerprint density at radius 2 is 2.08 bits per heavy atom. The molecule has 0 saturated heterocycles. The van der Waals surface area contributed by atoms with Gasteiger partial charge in [-0.15, -0.1) is 0 Å². The fourth-order valence-electron chi connectivity index (χ4n) is 3.30. The van der Waals surface area contributed by atoms with E-state index in [1.54, 1.807) is 0 Å². The van der Waals surface area contributed by atoms with Gasteiger partial charge in [0.05, 0.1) is 5.39 Å². The maximum absolute atomic E-state index is 6.09. The van der Waals surface area contributed by atoms with Crippen molar-refractivity contribution in [1.82, 2.24) is 15.0 Å². The fraction of sp³-hybridized carbons (Fsp3) is 0.235. The van der Waals surface area contributed by atoms with E-state index in [0.29, 0.717) is 11.5 Å². The summed E-state index contributed by atoms with van der Waals surface area (Å²) >= 11 is 6.09. The van der Waals surface area contributed by atoms with Crippen molar-refractivity contribution >= 4 is 40.1 Å². The first-order valence-electron chi connectivity index (χ1n) is 7.73. The lowest BCUT2D eigenvalue weighted by atomic mass is 10.1. The molecule has 0 fully saturated rings. The van der Waals surface area contributed by atoms with E-state index in [1.165, 1.54) is 11.3 Å². The molecule has 0 radical (unpaired) electrons. The summed E-state index contributed by atoms with van der Waals surface area (Å²) in [5, 5.41) is 1.55. The fourth-order valence-corrected chi connectivity index (χ4v) is 3.50. The molecule has 0 spiro atoms. The number of hydrogen-bond acceptors (Lipinski definition) is 6. The van der Waals surface area contributed by atoms with Gasteiger partial charge in [0.25, 0.3) is 0 Å². The van der Waals surface area contributed by atoms with Crippen LogP contribution in [-0.2, 0) is 13.0 Å². The summed E-state index contributed by atoms with van der Waals surface area (Å²) in [6, 6.07) is 6.04. The predicted octanol–water partition coefficient (Wildman–Crippen LogP) is 2.71. The summed E-state index contributed by atoms with van der Waals surface area (Å²) in [7, 11) is 0. The lowest BCUT2D eigenvalue weighted by Crippen LogP contribution is -2.20. The van der Waals surface area contributed by atoms with E-state index < -0.39 is 0 Å². The zero-order valence-electron chi connectivity index (χ0n) is 13.3. The van der Waals surface area contributed by atoms with Crippen LogP contribution >= 0.6 is 11.6 Å². The van der Waals surface area contributed by atoms with Gasteiger partial charge in [-0.25, -0.2) is 4.98 Å². The van der Waals surface area contributed by atoms with Crippen molar-refractivity contribution in [2.24, 2.45) is 0 Å². The molecule has 122 valence electrons. The second kappa shape index (κ2) is 5.49. The maximum Gasteiger partial charge on any atom is 0.224 e. The first-order chi connectivity index (χ1) is 11.5. The molecule has 7 heteroatoms. The topological polar surface area (TPSA) is 94.0 Å². The van der Waals surface area contributed by atoms with Crippen molar-refractivity contribution in [3.63, 3.8) is 0 Å². The summed E-state index contributed by atoms with van der Waals surface area (Å²) in [6.07, 6.45) is 2.84. The minimum atomic E-state index is 0.144. The van der Waals surface area contributed by atoms with Crippen LogP contribution in [0.15, 0.2) is 24.4 Å². The highest BCUT2D eigenvalue weighted by Gasteiger charge is 2.21. The van der Waals surface area contributed by atoms with Crippen molar-refractivity contribution < 1.29 is 0 Å². The number of pyridine rings is 1. The highest BCUT2D eigenvalue weighted by atomic mass is 35.5. The number of halogens is 1. The zero-order chi connectivity index (χ0) is 16.8. The highest BCUT2D eigenvalue weighted by Crippen LogP contribution is 2.32. The molecule has 0 bridgehead atoms. The Bertz CT molecular complexity index is 955. The molecule has 4 N–H and O–H groups in total. The van der Waals surface area contributed by atoms with Crippen molar-refractivity contribution in [1.29, 1.82) is 0 Å². The lowest BCUT2D eigenvalue weighted by molar-refractivity contribution is 0.829. The smallest absolute Gasteiger partial charge is 0.224 e. The molecule has 3 heterocycles. The van der Waals surface area contributed by atoms with Crippen LogP contribution in [0.5, 0.6) is 0 Å². The van der Waals surface area contributed by atoms with E-state index in [4.69, 9.17) is 23.1 Å². The van der Waals surface area contributed by atoms with Gasteiger partial charge in [-0.1, -0.05) is 11.6 Å². The van der Waals surface area contributed by atoms with Gasteiger partial charge in [-0.2, -0.15) is 9.97 Å². The third kappa shape index (κ3) is 2.39. The van der Waals surface area contributed by atoms with E-state index >= 15 is 0 Å². The Hall–Kier alpha value is -2.60. The summed E-state index contributed by atoms with van der Waals surface area (Å²) in [6.45, 7) is 3.74. The Kier molecular flexibility index (Phi) is 3.42. The van der Waals surface area contributed by atoms with Gasteiger partial charge in [0.1, 0.15) is 5.82 Å². The Morgan fingerprint density at radius 1 is 1.25 bits per heavy atom. The molecule has 1 aromatic carbocycles. The second-order valence-corrected chi connectivity index (χ2v) is 6.46. The standard InChI is InChI=1S/C17H17ClN6/c1-9-11(7-21-16-14(9)15(19)22-17(20)23-16)8-24-5-4-10-6-12(18)2-3-13(10)24/h2-3,6-7H,4-5,8H2,1H3,(H4,19,20,21,22,23). The number of benzene rings is 1. The molecule has 3 aromatic rings. The normalized spacial score (nSPS) is 13.5. The molecule has 0 saturated carbocycles. The molecule has 0 amide bonds. The van der Waals surface area contributed by atoms with Gasteiger partial charge in [-0.05, 0) is 48.2 Å². The number of nitrogens with zero attached hydrogens (tertiary/aromatic N) is 4. The summed E-state index contributed by atoms with van der Waals surface area (Å²) in [5.74, 6) is 0.517. The third-order valence-electron chi connectivity index (χ3n) is 4.53. The zero-order valence-corrected chi connectivity index (χ0v) is 14.0. The van der Waals surface area contributed by atoms with Crippen LogP contribution in [-0.4, -0.2) is 21.5 Å². The van der Waals surface area contributed by atoms with E-state index in [-0.39, 0.29) is 5.95 Å². The molecule has 24 heavy (non-hydrogen) atoms. The first-order valence-corrected chi connectivity index (χ1v) is 8.11. The van der Waals surface area contributed by atoms with Crippen LogP contribution in [0.2, 0.25) is 5.02 Å². The molecule has 1 aliphatic rings. The van der Waals surface area contributed by atoms with Crippen molar-refractivity contribution in [2.75, 3.05) is 22.9 Å². The van der Waals surface area contributed by atoms with Crippen LogP contribution in [0.25, 0.3) is 11.0 Å². The monoisotopic (exact) mass is 340 g/mol. The predicted molar refractivity (Wildman–Crippen MR) is 97.1 cm³/mol.